The van der Waals surface area contributed by atoms with Gasteiger partial charge in [0.1, 0.15) is 11.7 Å². The van der Waals surface area contributed by atoms with Gasteiger partial charge in [0.05, 0.1) is 24.1 Å². The molecule has 4 aromatic rings. The molecule has 2 aromatic carbocycles. The van der Waals surface area contributed by atoms with Gasteiger partial charge < -0.3 is 21.9 Å². The van der Waals surface area contributed by atoms with E-state index < -0.39 is 5.91 Å². The second-order valence-electron chi connectivity index (χ2n) is 7.03. The molecular formula is C24H24ClN9O2. The topological polar surface area (TPSA) is 181 Å². The van der Waals surface area contributed by atoms with E-state index in [4.69, 9.17) is 28.2 Å². The molecule has 0 unspecified atom stereocenters. The molecule has 0 bridgehead atoms. The Morgan fingerprint density at radius 3 is 2.69 bits per heavy atom. The Morgan fingerprint density at radius 2 is 1.94 bits per heavy atom. The van der Waals surface area contributed by atoms with Crippen LogP contribution in [0.2, 0.25) is 5.02 Å². The van der Waals surface area contributed by atoms with Gasteiger partial charge in [-0.25, -0.2) is 19.9 Å². The quantitative estimate of drug-likeness (QED) is 0.187. The third kappa shape index (κ3) is 7.19. The lowest BCUT2D eigenvalue weighted by molar-refractivity contribution is 0.0945. The molecular weight excluding hydrogens is 482 g/mol. The van der Waals surface area contributed by atoms with E-state index in [0.717, 1.165) is 12.7 Å². The number of carbonyl (C=O) groups excluding carboxylic acids is 1. The van der Waals surface area contributed by atoms with Gasteiger partial charge in [-0.1, -0.05) is 48.0 Å². The highest BCUT2D eigenvalue weighted by Crippen LogP contribution is 2.19. The molecule has 2 heterocycles. The number of hydrogen-bond donors (Lipinski definition) is 5. The van der Waals surface area contributed by atoms with Gasteiger partial charge in [0.2, 0.25) is 0 Å². The van der Waals surface area contributed by atoms with Crippen LogP contribution in [0.4, 0.5) is 11.5 Å². The number of aromatic nitrogens is 5. The number of anilines is 1. The number of aliphatic hydroxyl groups is 1. The summed E-state index contributed by atoms with van der Waals surface area (Å²) < 4.78 is 0. The zero-order chi connectivity index (χ0) is 25.9. The third-order valence-electron chi connectivity index (χ3n) is 4.52. The van der Waals surface area contributed by atoms with Gasteiger partial charge in [0, 0.05) is 17.7 Å². The van der Waals surface area contributed by atoms with E-state index in [1.54, 1.807) is 36.4 Å². The maximum Gasteiger partial charge on any atom is 0.274 e. The summed E-state index contributed by atoms with van der Waals surface area (Å²) in [6, 6.07) is 16.4. The molecule has 0 aliphatic heterocycles. The highest BCUT2D eigenvalue weighted by atomic mass is 35.5. The second-order valence-corrected chi connectivity index (χ2v) is 7.46. The van der Waals surface area contributed by atoms with Crippen LogP contribution >= 0.6 is 11.6 Å². The number of carbonyl (C=O) groups is 1. The molecule has 11 nitrogen and oxygen atoms in total. The summed E-state index contributed by atoms with van der Waals surface area (Å²) in [4.78, 5) is 29.6. The van der Waals surface area contributed by atoms with E-state index in [-0.39, 0.29) is 23.9 Å². The predicted octanol–water partition coefficient (Wildman–Crippen LogP) is 2.74. The van der Waals surface area contributed by atoms with Crippen molar-refractivity contribution in [2.75, 3.05) is 12.8 Å². The highest BCUT2D eigenvalue weighted by molar-refractivity contribution is 6.30. The van der Waals surface area contributed by atoms with Crippen molar-refractivity contribution in [3.05, 3.63) is 89.2 Å². The van der Waals surface area contributed by atoms with Crippen molar-refractivity contribution >= 4 is 40.9 Å². The number of nitrogens with two attached hydrogens (primary N) is 2. The van der Waals surface area contributed by atoms with E-state index in [0.29, 0.717) is 28.1 Å². The molecule has 184 valence electrons. The van der Waals surface area contributed by atoms with Gasteiger partial charge in [0.25, 0.3) is 5.91 Å². The molecule has 0 atom stereocenters. The van der Waals surface area contributed by atoms with E-state index in [1.807, 2.05) is 30.3 Å². The molecule has 36 heavy (non-hydrogen) atoms. The summed E-state index contributed by atoms with van der Waals surface area (Å²) in [5.41, 5.74) is 13.8. The molecule has 2 aromatic heterocycles. The number of aromatic amines is 1. The minimum atomic E-state index is -0.478. The molecule has 0 saturated carbocycles. The van der Waals surface area contributed by atoms with E-state index in [2.05, 4.69) is 35.5 Å². The van der Waals surface area contributed by atoms with Crippen molar-refractivity contribution in [2.24, 2.45) is 10.7 Å². The fourth-order valence-electron chi connectivity index (χ4n) is 2.92. The molecule has 0 spiro atoms. The maximum absolute atomic E-state index is 12.6. The van der Waals surface area contributed by atoms with Crippen LogP contribution in [0.5, 0.6) is 0 Å². The van der Waals surface area contributed by atoms with Crippen molar-refractivity contribution in [3.8, 4) is 11.3 Å². The molecule has 0 fully saturated rings. The number of rotatable bonds is 7. The molecule has 0 radical (unpaired) electrons. The Kier molecular flexibility index (Phi) is 9.20. The van der Waals surface area contributed by atoms with Gasteiger partial charge in [-0.15, -0.1) is 0 Å². The number of amides is 1. The number of nitrogen functional groups attached to an aromatic ring is 1. The number of benzene rings is 2. The lowest BCUT2D eigenvalue weighted by atomic mass is 10.1. The van der Waals surface area contributed by atoms with Crippen LogP contribution in [0.3, 0.4) is 0 Å². The number of nitrogens with one attached hydrogen (secondary N) is 2. The first-order chi connectivity index (χ1) is 17.5. The van der Waals surface area contributed by atoms with Gasteiger partial charge in [-0.05, 0) is 30.4 Å². The number of amidine groups is 1. The van der Waals surface area contributed by atoms with Crippen molar-refractivity contribution in [1.82, 2.24) is 30.5 Å². The van der Waals surface area contributed by atoms with E-state index in [9.17, 15) is 4.79 Å². The molecule has 7 N–H and O–H groups in total. The first-order valence-corrected chi connectivity index (χ1v) is 11.0. The largest absolute Gasteiger partial charge is 0.400 e. The predicted molar refractivity (Wildman–Crippen MR) is 139 cm³/mol. The van der Waals surface area contributed by atoms with E-state index >= 15 is 0 Å². The van der Waals surface area contributed by atoms with Gasteiger partial charge in [-0.2, -0.15) is 5.10 Å². The zero-order valence-corrected chi connectivity index (χ0v) is 20.0. The standard InChI is InChI=1S/C23H20ClN9O.CH4O/c24-15-7-4-8-16(11-15)29-18(25)9-10-19-31-20(33-32-19)13-28-23(34)21-22(26)27-12-17(30-21)14-5-2-1-3-6-14;1-2/h1-12H,13H2,(H2,25,29)(H2,26,27)(H,28,34)(H,31,32,33);2H,1H3/b10-9-;. The minimum Gasteiger partial charge on any atom is -0.400 e. The van der Waals surface area contributed by atoms with Gasteiger partial charge in [-0.3, -0.25) is 9.89 Å². The maximum atomic E-state index is 12.6. The molecule has 1 amide bonds. The zero-order valence-electron chi connectivity index (χ0n) is 19.3. The summed E-state index contributed by atoms with van der Waals surface area (Å²) in [6.07, 6.45) is 4.69. The average molecular weight is 506 g/mol. The van der Waals surface area contributed by atoms with Gasteiger partial charge in [0.15, 0.2) is 17.3 Å². The Hall–Kier alpha value is -4.61. The normalized spacial score (nSPS) is 11.1. The SMILES string of the molecule is CO.NC(/C=C\c1n[nH]c(CNC(=O)c2nc(-c3ccccc3)cnc2N)n1)=Nc1cccc(Cl)c1. The fraction of sp³-hybridized carbons (Fsp3) is 0.0833. The summed E-state index contributed by atoms with van der Waals surface area (Å²) in [6.45, 7) is 0.0858. The molecule has 4 rings (SSSR count). The first kappa shape index (κ1) is 26.0. The molecule has 12 heteroatoms. The number of aliphatic imine (C=N–C) groups is 1. The molecule has 0 aliphatic rings. The second kappa shape index (κ2) is 12.7. The lowest BCUT2D eigenvalue weighted by Crippen LogP contribution is -2.26. The smallest absolute Gasteiger partial charge is 0.274 e. The summed E-state index contributed by atoms with van der Waals surface area (Å²) >= 11 is 5.94. The Balaban J connectivity index is 0.00000176. The van der Waals surface area contributed by atoms with Gasteiger partial charge >= 0.3 is 0 Å². The third-order valence-corrected chi connectivity index (χ3v) is 4.76. The van der Waals surface area contributed by atoms with Crippen LogP contribution in [0.25, 0.3) is 17.3 Å². The number of H-pyrrole nitrogens is 1. The van der Waals surface area contributed by atoms with Crippen LogP contribution in [0.15, 0.2) is 71.9 Å². The minimum absolute atomic E-state index is 0.0333. The number of hydrogen-bond acceptors (Lipinski definition) is 8. The summed E-state index contributed by atoms with van der Waals surface area (Å²) in [5, 5.41) is 17.1. The monoisotopic (exact) mass is 505 g/mol. The van der Waals surface area contributed by atoms with Crippen molar-refractivity contribution < 1.29 is 9.90 Å². The van der Waals surface area contributed by atoms with Crippen LogP contribution in [0, 0.1) is 0 Å². The van der Waals surface area contributed by atoms with E-state index in [1.165, 1.54) is 6.20 Å². The average Bonchev–Trinajstić information content (AvgIpc) is 3.36. The number of nitrogens with zero attached hydrogens (tertiary/aromatic N) is 5. The van der Waals surface area contributed by atoms with Crippen LogP contribution in [-0.2, 0) is 6.54 Å². The fourth-order valence-corrected chi connectivity index (χ4v) is 3.10. The van der Waals surface area contributed by atoms with Crippen molar-refractivity contribution in [2.45, 2.75) is 6.54 Å². The number of halogens is 1. The first-order valence-electron chi connectivity index (χ1n) is 10.6. The Labute approximate surface area is 212 Å². The van der Waals surface area contributed by atoms with Crippen molar-refractivity contribution in [1.29, 1.82) is 0 Å². The number of aliphatic hydroxyl groups excluding tert-OH is 1. The highest BCUT2D eigenvalue weighted by Gasteiger charge is 2.15. The lowest BCUT2D eigenvalue weighted by Gasteiger charge is -2.07. The van der Waals surface area contributed by atoms with Crippen molar-refractivity contribution in [3.63, 3.8) is 0 Å². The van der Waals surface area contributed by atoms with Crippen LogP contribution < -0.4 is 16.8 Å². The summed E-state index contributed by atoms with van der Waals surface area (Å²) in [5.74, 6) is 0.624. The molecule has 0 aliphatic carbocycles. The summed E-state index contributed by atoms with van der Waals surface area (Å²) in [7, 11) is 1.00. The van der Waals surface area contributed by atoms with Crippen LogP contribution in [-0.4, -0.2) is 49.1 Å². The Morgan fingerprint density at radius 1 is 1.17 bits per heavy atom. The van der Waals surface area contributed by atoms with Crippen LogP contribution in [0.1, 0.15) is 22.1 Å². The Bertz CT molecular complexity index is 1370. The molecule has 0 saturated heterocycles.